The summed E-state index contributed by atoms with van der Waals surface area (Å²) in [5.74, 6) is 0. The van der Waals surface area contributed by atoms with Crippen molar-refractivity contribution in [3.63, 3.8) is 0 Å². The minimum Gasteiger partial charge on any atom is -0.369 e. The third-order valence-corrected chi connectivity index (χ3v) is 4.80. The Labute approximate surface area is 161 Å². The highest BCUT2D eigenvalue weighted by Crippen LogP contribution is 2.55. The Bertz CT molecular complexity index is 657. The van der Waals surface area contributed by atoms with Crippen molar-refractivity contribution in [2.45, 2.75) is 42.8 Å². The first-order valence-corrected chi connectivity index (χ1v) is 7.64. The average molecular weight is 550 g/mol. The van der Waals surface area contributed by atoms with Gasteiger partial charge in [-0.05, 0) is 29.5 Å². The van der Waals surface area contributed by atoms with E-state index in [0.29, 0.717) is 29.5 Å². The van der Waals surface area contributed by atoms with Gasteiger partial charge in [-0.3, -0.25) is 0 Å². The second-order valence-electron chi connectivity index (χ2n) is 5.59. The predicted octanol–water partition coefficient (Wildman–Crippen LogP) is 5.22. The van der Waals surface area contributed by atoms with Crippen molar-refractivity contribution in [3.05, 3.63) is 32.4 Å². The van der Waals surface area contributed by atoms with Crippen LogP contribution in [0.5, 0.6) is 0 Å². The van der Waals surface area contributed by atoms with Gasteiger partial charge in [0.2, 0.25) is 0 Å². The van der Waals surface area contributed by atoms with E-state index in [4.69, 9.17) is 0 Å². The lowest BCUT2D eigenvalue weighted by Gasteiger charge is -2.37. The number of halogens is 13. The van der Waals surface area contributed by atoms with Gasteiger partial charge in [-0.15, -0.1) is 0 Å². The third kappa shape index (κ3) is 3.64. The lowest BCUT2D eigenvalue weighted by molar-refractivity contribution is -0.378. The van der Waals surface area contributed by atoms with Gasteiger partial charge in [0, 0.05) is 14.7 Å². The standard InChI is InChI=1S/C13H7F12IO2/c1-4-2-5(8(27,10(14,15)16)11(17,18)19)7(26)6(3-4)9(28,12(20,21)22)13(23,24)25/h2-3,27-28H,1H3. The number of alkyl halides is 12. The van der Waals surface area contributed by atoms with Crippen LogP contribution in [0.25, 0.3) is 0 Å². The van der Waals surface area contributed by atoms with Gasteiger partial charge in [0.25, 0.3) is 11.2 Å². The topological polar surface area (TPSA) is 40.5 Å². The van der Waals surface area contributed by atoms with E-state index in [-0.39, 0.29) is 12.1 Å². The van der Waals surface area contributed by atoms with E-state index in [1.54, 1.807) is 0 Å². The Hall–Kier alpha value is -0.970. The Kier molecular flexibility index (Phi) is 6.07. The molecule has 0 fully saturated rings. The fourth-order valence-corrected chi connectivity index (χ4v) is 3.32. The second kappa shape index (κ2) is 6.78. The maximum Gasteiger partial charge on any atom is 0.430 e. The molecule has 0 saturated heterocycles. The monoisotopic (exact) mass is 550 g/mol. The largest absolute Gasteiger partial charge is 0.430 e. The highest BCUT2D eigenvalue weighted by atomic mass is 127. The van der Waals surface area contributed by atoms with Gasteiger partial charge in [0.05, 0.1) is 0 Å². The normalized spacial score (nSPS) is 15.1. The van der Waals surface area contributed by atoms with E-state index < -0.39 is 56.2 Å². The zero-order valence-corrected chi connectivity index (χ0v) is 15.1. The van der Waals surface area contributed by atoms with Crippen LogP contribution in [-0.4, -0.2) is 34.9 Å². The molecule has 0 radical (unpaired) electrons. The Morgan fingerprint density at radius 1 is 0.607 bits per heavy atom. The molecular formula is C13H7F12IO2. The molecule has 1 aromatic rings. The maximum absolute atomic E-state index is 13.0. The van der Waals surface area contributed by atoms with Crippen molar-refractivity contribution in [1.29, 1.82) is 0 Å². The lowest BCUT2D eigenvalue weighted by atomic mass is 9.84. The number of hydrogen-bond acceptors (Lipinski definition) is 2. The summed E-state index contributed by atoms with van der Waals surface area (Å²) in [7, 11) is 0. The fourth-order valence-electron chi connectivity index (χ4n) is 2.23. The average Bonchev–Trinajstić information content (AvgIpc) is 2.42. The summed E-state index contributed by atoms with van der Waals surface area (Å²) in [5.41, 5.74) is -17.2. The molecule has 0 aliphatic rings. The van der Waals surface area contributed by atoms with Gasteiger partial charge in [-0.1, -0.05) is 17.7 Å². The van der Waals surface area contributed by atoms with Crippen LogP contribution >= 0.6 is 22.6 Å². The first-order valence-electron chi connectivity index (χ1n) is 6.56. The van der Waals surface area contributed by atoms with E-state index >= 15 is 0 Å². The van der Waals surface area contributed by atoms with E-state index in [1.807, 2.05) is 0 Å². The molecule has 0 bridgehead atoms. The second-order valence-corrected chi connectivity index (χ2v) is 6.66. The first kappa shape index (κ1) is 25.1. The zero-order chi connectivity index (χ0) is 22.7. The van der Waals surface area contributed by atoms with Crippen LogP contribution in [0.1, 0.15) is 16.7 Å². The van der Waals surface area contributed by atoms with Crippen LogP contribution in [-0.2, 0) is 11.2 Å². The Morgan fingerprint density at radius 2 is 0.821 bits per heavy atom. The molecule has 0 heterocycles. The van der Waals surface area contributed by atoms with Gasteiger partial charge in [0.15, 0.2) is 0 Å². The predicted molar refractivity (Wildman–Crippen MR) is 75.9 cm³/mol. The molecule has 2 nitrogen and oxygen atoms in total. The van der Waals surface area contributed by atoms with Crippen LogP contribution in [0.15, 0.2) is 12.1 Å². The number of benzene rings is 1. The van der Waals surface area contributed by atoms with Gasteiger partial charge in [0.1, 0.15) is 0 Å². The maximum atomic E-state index is 13.0. The molecule has 162 valence electrons. The van der Waals surface area contributed by atoms with E-state index in [0.717, 1.165) is 0 Å². The molecular weight excluding hydrogens is 543 g/mol. The zero-order valence-electron chi connectivity index (χ0n) is 13.0. The summed E-state index contributed by atoms with van der Waals surface area (Å²) in [4.78, 5) is 0. The van der Waals surface area contributed by atoms with Crippen LogP contribution < -0.4 is 0 Å². The van der Waals surface area contributed by atoms with Crippen molar-refractivity contribution >= 4 is 22.6 Å². The molecule has 1 aromatic carbocycles. The third-order valence-electron chi connectivity index (χ3n) is 3.64. The molecule has 0 unspecified atom stereocenters. The molecule has 0 aliphatic heterocycles. The Balaban J connectivity index is 4.12. The molecule has 0 atom stereocenters. The van der Waals surface area contributed by atoms with Crippen LogP contribution in [0.3, 0.4) is 0 Å². The smallest absolute Gasteiger partial charge is 0.369 e. The minimum atomic E-state index is -6.56. The van der Waals surface area contributed by atoms with Gasteiger partial charge in [-0.2, -0.15) is 52.7 Å². The minimum absolute atomic E-state index is 0.0700. The summed E-state index contributed by atoms with van der Waals surface area (Å²) >= 11 is 0.348. The highest BCUT2D eigenvalue weighted by molar-refractivity contribution is 14.1. The van der Waals surface area contributed by atoms with Crippen LogP contribution in [0.2, 0.25) is 0 Å². The first-order chi connectivity index (χ1) is 12.0. The summed E-state index contributed by atoms with van der Waals surface area (Å²) in [6.07, 6.45) is -26.3. The van der Waals surface area contributed by atoms with E-state index in [1.165, 1.54) is 0 Å². The molecule has 2 N–H and O–H groups in total. The molecule has 28 heavy (non-hydrogen) atoms. The number of aliphatic hydroxyl groups is 2. The molecule has 0 aromatic heterocycles. The fraction of sp³-hybridized carbons (Fsp3) is 0.538. The van der Waals surface area contributed by atoms with Crippen molar-refractivity contribution < 1.29 is 62.9 Å². The SMILES string of the molecule is Cc1cc(C(O)(C(F)(F)F)C(F)(F)F)c(I)c(C(O)(C(F)(F)F)C(F)(F)F)c1. The van der Waals surface area contributed by atoms with Crippen molar-refractivity contribution in [1.82, 2.24) is 0 Å². The number of rotatable bonds is 2. The van der Waals surface area contributed by atoms with Crippen molar-refractivity contribution in [2.75, 3.05) is 0 Å². The van der Waals surface area contributed by atoms with Crippen molar-refractivity contribution in [3.8, 4) is 0 Å². The Morgan fingerprint density at radius 3 is 1.00 bits per heavy atom. The molecule has 0 saturated carbocycles. The summed E-state index contributed by atoms with van der Waals surface area (Å²) in [6, 6.07) is -0.140. The van der Waals surface area contributed by atoms with Gasteiger partial charge in [-0.25, -0.2) is 0 Å². The molecule has 0 amide bonds. The molecule has 0 aliphatic carbocycles. The summed E-state index contributed by atoms with van der Waals surface area (Å²) in [6.45, 7) is 0.587. The molecule has 0 spiro atoms. The van der Waals surface area contributed by atoms with Gasteiger partial charge < -0.3 is 10.2 Å². The number of aryl methyl sites for hydroxylation is 1. The van der Waals surface area contributed by atoms with E-state index in [9.17, 15) is 62.9 Å². The van der Waals surface area contributed by atoms with Crippen LogP contribution in [0.4, 0.5) is 52.7 Å². The number of hydrogen-bond donors (Lipinski definition) is 2. The highest BCUT2D eigenvalue weighted by Gasteiger charge is 2.75. The summed E-state index contributed by atoms with van der Waals surface area (Å²) < 4.78 is 154. The van der Waals surface area contributed by atoms with E-state index in [2.05, 4.69) is 0 Å². The van der Waals surface area contributed by atoms with Crippen LogP contribution in [0, 0.1) is 10.5 Å². The van der Waals surface area contributed by atoms with Gasteiger partial charge >= 0.3 is 24.7 Å². The molecule has 15 heteroatoms. The quantitative estimate of drug-likeness (QED) is 0.392. The van der Waals surface area contributed by atoms with Crippen molar-refractivity contribution in [2.24, 2.45) is 0 Å². The summed E-state index contributed by atoms with van der Waals surface area (Å²) in [5, 5.41) is 18.7. The lowest BCUT2D eigenvalue weighted by Crippen LogP contribution is -2.56. The molecule has 1 rings (SSSR count).